The van der Waals surface area contributed by atoms with Crippen molar-refractivity contribution in [1.29, 1.82) is 0 Å². The van der Waals surface area contributed by atoms with Gasteiger partial charge in [0.05, 0.1) is 28.8 Å². The van der Waals surface area contributed by atoms with E-state index in [1.54, 1.807) is 6.92 Å². The van der Waals surface area contributed by atoms with E-state index in [0.29, 0.717) is 0 Å². The van der Waals surface area contributed by atoms with Crippen molar-refractivity contribution in [3.63, 3.8) is 0 Å². The molecule has 3 nitrogen and oxygen atoms in total. The summed E-state index contributed by atoms with van der Waals surface area (Å²) in [6.45, 7) is 1.79. The molecule has 1 aromatic heterocycles. The number of carbonyl (C=O) groups is 1. The van der Waals surface area contributed by atoms with Crippen LogP contribution in [-0.4, -0.2) is 17.6 Å². The van der Waals surface area contributed by atoms with Crippen molar-refractivity contribution in [2.75, 3.05) is 6.61 Å². The van der Waals surface area contributed by atoms with Gasteiger partial charge in [0.2, 0.25) is 0 Å². The molecule has 0 aliphatic rings. The van der Waals surface area contributed by atoms with Crippen LogP contribution in [0.2, 0.25) is 0 Å². The van der Waals surface area contributed by atoms with E-state index in [2.05, 4.69) is 25.7 Å². The van der Waals surface area contributed by atoms with Crippen molar-refractivity contribution in [2.45, 2.75) is 19.5 Å². The summed E-state index contributed by atoms with van der Waals surface area (Å²) in [6.07, 6.45) is -3.76. The van der Waals surface area contributed by atoms with Crippen LogP contribution in [0.4, 0.5) is 13.2 Å². The van der Waals surface area contributed by atoms with Gasteiger partial charge in [-0.3, -0.25) is 9.78 Å². The summed E-state index contributed by atoms with van der Waals surface area (Å²) < 4.78 is 42.0. The minimum absolute atomic E-state index is 0.0123. The van der Waals surface area contributed by atoms with Gasteiger partial charge in [0.1, 0.15) is 0 Å². The number of ether oxygens (including phenoxy) is 1. The first-order valence-corrected chi connectivity index (χ1v) is 5.51. The molecule has 7 heteroatoms. The number of halogens is 4. The normalized spacial score (nSPS) is 11.4. The molecule has 1 aromatic rings. The van der Waals surface area contributed by atoms with Gasteiger partial charge < -0.3 is 4.74 Å². The summed E-state index contributed by atoms with van der Waals surface area (Å²) in [7, 11) is 0. The second-order valence-electron chi connectivity index (χ2n) is 3.10. The number of carbonyl (C=O) groups excluding carboxylic acids is 1. The molecule has 94 valence electrons. The molecule has 0 amide bonds. The van der Waals surface area contributed by atoms with Crippen molar-refractivity contribution in [2.24, 2.45) is 0 Å². The molecule has 0 unspecified atom stereocenters. The van der Waals surface area contributed by atoms with E-state index in [-0.39, 0.29) is 23.2 Å². The smallest absolute Gasteiger partial charge is 0.417 e. The first-order valence-electron chi connectivity index (χ1n) is 4.72. The van der Waals surface area contributed by atoms with Crippen LogP contribution in [-0.2, 0) is 22.1 Å². The van der Waals surface area contributed by atoms with Crippen LogP contribution in [0.5, 0.6) is 0 Å². The van der Waals surface area contributed by atoms with Gasteiger partial charge in [-0.1, -0.05) is 0 Å². The fraction of sp³-hybridized carbons (Fsp3) is 0.400. The molecule has 0 fully saturated rings. The highest BCUT2D eigenvalue weighted by atomic mass is 79.9. The van der Waals surface area contributed by atoms with E-state index >= 15 is 0 Å². The first-order chi connectivity index (χ1) is 7.86. The third-order valence-corrected chi connectivity index (χ3v) is 2.77. The zero-order valence-electron chi connectivity index (χ0n) is 8.84. The summed E-state index contributed by atoms with van der Waals surface area (Å²) in [4.78, 5) is 14.9. The molecule has 17 heavy (non-hydrogen) atoms. The van der Waals surface area contributed by atoms with Gasteiger partial charge in [-0.05, 0) is 28.9 Å². The lowest BCUT2D eigenvalue weighted by atomic mass is 10.2. The predicted molar refractivity (Wildman–Crippen MR) is 57.3 cm³/mol. The molecular formula is C10H9BrF3NO2. The Kier molecular flexibility index (Phi) is 4.50. The minimum Gasteiger partial charge on any atom is -0.466 e. The van der Waals surface area contributed by atoms with Gasteiger partial charge in [0, 0.05) is 6.20 Å². The van der Waals surface area contributed by atoms with Crippen LogP contribution in [0.1, 0.15) is 18.2 Å². The minimum atomic E-state index is -4.48. The van der Waals surface area contributed by atoms with Crippen molar-refractivity contribution < 1.29 is 22.7 Å². The molecule has 0 saturated carbocycles. The van der Waals surface area contributed by atoms with Gasteiger partial charge >= 0.3 is 12.1 Å². The molecular weight excluding hydrogens is 303 g/mol. The van der Waals surface area contributed by atoms with Gasteiger partial charge in [0.15, 0.2) is 0 Å². The number of esters is 1. The maximum atomic E-state index is 12.5. The van der Waals surface area contributed by atoms with Crippen molar-refractivity contribution in [3.8, 4) is 0 Å². The Balaban J connectivity index is 2.99. The summed E-state index contributed by atoms with van der Waals surface area (Å²) in [6, 6.07) is 0.846. The van der Waals surface area contributed by atoms with Crippen molar-refractivity contribution in [1.82, 2.24) is 4.98 Å². The van der Waals surface area contributed by atoms with Gasteiger partial charge in [-0.25, -0.2) is 0 Å². The molecule has 0 spiro atoms. The second kappa shape index (κ2) is 5.48. The molecule has 0 radical (unpaired) electrons. The van der Waals surface area contributed by atoms with Crippen molar-refractivity contribution >= 4 is 21.9 Å². The Bertz CT molecular complexity index is 421. The molecule has 0 aromatic carbocycles. The van der Waals surface area contributed by atoms with Crippen LogP contribution >= 0.6 is 15.9 Å². The average molecular weight is 312 g/mol. The van der Waals surface area contributed by atoms with Crippen LogP contribution in [0.25, 0.3) is 0 Å². The number of hydrogen-bond donors (Lipinski definition) is 0. The largest absolute Gasteiger partial charge is 0.466 e. The Morgan fingerprint density at radius 3 is 2.71 bits per heavy atom. The number of hydrogen-bond acceptors (Lipinski definition) is 3. The Labute approximate surface area is 104 Å². The zero-order valence-corrected chi connectivity index (χ0v) is 10.4. The average Bonchev–Trinajstić information content (AvgIpc) is 2.19. The molecule has 0 atom stereocenters. The predicted octanol–water partition coefficient (Wildman–Crippen LogP) is 2.97. The third kappa shape index (κ3) is 3.69. The summed E-state index contributed by atoms with van der Waals surface area (Å²) in [5, 5.41) is 0. The number of rotatable bonds is 3. The molecule has 0 saturated heterocycles. The Morgan fingerprint density at radius 2 is 2.18 bits per heavy atom. The molecule has 1 heterocycles. The first kappa shape index (κ1) is 14.0. The van der Waals surface area contributed by atoms with E-state index < -0.39 is 17.7 Å². The summed E-state index contributed by atoms with van der Waals surface area (Å²) in [5.41, 5.74) is -0.843. The van der Waals surface area contributed by atoms with Gasteiger partial charge in [-0.15, -0.1) is 0 Å². The highest BCUT2D eigenvalue weighted by Crippen LogP contribution is 2.35. The molecule has 0 aliphatic heterocycles. The molecule has 0 aliphatic carbocycles. The van der Waals surface area contributed by atoms with Crippen LogP contribution in [0, 0.1) is 0 Å². The fourth-order valence-electron chi connectivity index (χ4n) is 1.18. The van der Waals surface area contributed by atoms with E-state index in [9.17, 15) is 18.0 Å². The number of nitrogens with zero attached hydrogens (tertiary/aromatic N) is 1. The maximum absolute atomic E-state index is 12.5. The monoisotopic (exact) mass is 311 g/mol. The van der Waals surface area contributed by atoms with Crippen LogP contribution < -0.4 is 0 Å². The Hall–Kier alpha value is -1.11. The van der Waals surface area contributed by atoms with E-state index in [0.717, 1.165) is 12.3 Å². The quantitative estimate of drug-likeness (QED) is 0.806. The standard InChI is InChI=1S/C10H9BrF3NO2/c1-2-17-8(16)5-7-9(11)6(3-4-15-7)10(12,13)14/h3-4H,2,5H2,1H3. The third-order valence-electron chi connectivity index (χ3n) is 1.88. The number of alkyl halides is 3. The van der Waals surface area contributed by atoms with Crippen LogP contribution in [0.3, 0.4) is 0 Å². The Morgan fingerprint density at radius 1 is 1.53 bits per heavy atom. The van der Waals surface area contributed by atoms with E-state index in [1.165, 1.54) is 0 Å². The molecule has 1 rings (SSSR count). The van der Waals surface area contributed by atoms with Gasteiger partial charge in [0.25, 0.3) is 0 Å². The second-order valence-corrected chi connectivity index (χ2v) is 3.89. The van der Waals surface area contributed by atoms with Crippen molar-refractivity contribution in [3.05, 3.63) is 28.0 Å². The molecule has 0 N–H and O–H groups in total. The lowest BCUT2D eigenvalue weighted by molar-refractivity contribution is -0.143. The van der Waals surface area contributed by atoms with Crippen LogP contribution in [0.15, 0.2) is 16.7 Å². The lowest BCUT2D eigenvalue weighted by Gasteiger charge is -2.11. The topological polar surface area (TPSA) is 39.2 Å². The number of pyridine rings is 1. The highest BCUT2D eigenvalue weighted by molar-refractivity contribution is 9.10. The van der Waals surface area contributed by atoms with Gasteiger partial charge in [-0.2, -0.15) is 13.2 Å². The zero-order chi connectivity index (χ0) is 13.1. The highest BCUT2D eigenvalue weighted by Gasteiger charge is 2.34. The summed E-state index contributed by atoms with van der Waals surface area (Å²) in [5.74, 6) is -0.611. The van der Waals surface area contributed by atoms with E-state index in [1.807, 2.05) is 0 Å². The summed E-state index contributed by atoms with van der Waals surface area (Å²) >= 11 is 2.81. The van der Waals surface area contributed by atoms with E-state index in [4.69, 9.17) is 0 Å². The molecule has 0 bridgehead atoms. The fourth-order valence-corrected chi connectivity index (χ4v) is 1.78. The number of aromatic nitrogens is 1. The SMILES string of the molecule is CCOC(=O)Cc1nccc(C(F)(F)F)c1Br. The maximum Gasteiger partial charge on any atom is 0.417 e. The lowest BCUT2D eigenvalue weighted by Crippen LogP contribution is -2.13.